The quantitative estimate of drug-likeness (QED) is 0.650. The van der Waals surface area contributed by atoms with Crippen LogP contribution in [0.2, 0.25) is 0 Å². The molecule has 3 aromatic rings. The van der Waals surface area contributed by atoms with Crippen molar-refractivity contribution < 1.29 is 4.79 Å². The summed E-state index contributed by atoms with van der Waals surface area (Å²) in [7, 11) is 0. The number of hydrogen-bond donors (Lipinski definition) is 1. The van der Waals surface area contributed by atoms with E-state index in [4.69, 9.17) is 0 Å². The lowest BCUT2D eigenvalue weighted by molar-refractivity contribution is 0.0953. The predicted molar refractivity (Wildman–Crippen MR) is 110 cm³/mol. The van der Waals surface area contributed by atoms with Crippen molar-refractivity contribution in [2.75, 3.05) is 11.4 Å². The van der Waals surface area contributed by atoms with Crippen LogP contribution >= 0.6 is 11.3 Å². The Labute approximate surface area is 163 Å². The molecule has 1 N–H and O–H groups in total. The Balaban J connectivity index is 1.33. The number of nitrogens with one attached hydrogen (secondary N) is 1. The lowest BCUT2D eigenvalue weighted by Crippen LogP contribution is -2.25. The van der Waals surface area contributed by atoms with Crippen molar-refractivity contribution >= 4 is 22.9 Å². The first-order chi connectivity index (χ1) is 13.2. The number of aryl methyl sites for hydroxylation is 2. The number of hydrogen-bond acceptors (Lipinski definition) is 4. The number of aromatic nitrogens is 1. The normalized spacial score (nSPS) is 12.9. The van der Waals surface area contributed by atoms with E-state index in [0.29, 0.717) is 12.1 Å². The van der Waals surface area contributed by atoms with Crippen molar-refractivity contribution in [3.05, 3.63) is 81.3 Å². The third-order valence-corrected chi connectivity index (χ3v) is 5.86. The molecule has 5 heteroatoms. The monoisotopic (exact) mass is 377 g/mol. The Bertz CT molecular complexity index is 925. The molecule has 0 spiro atoms. The topological polar surface area (TPSA) is 45.2 Å². The van der Waals surface area contributed by atoms with Crippen molar-refractivity contribution in [3.63, 3.8) is 0 Å². The molecule has 0 radical (unpaired) electrons. The van der Waals surface area contributed by atoms with Gasteiger partial charge in [0.15, 0.2) is 0 Å². The SMILES string of the molecule is Cc1csc(CCCNC(=O)c2cccc(N3Cc4ccccc4C3)c2)n1. The van der Waals surface area contributed by atoms with Gasteiger partial charge in [-0.05, 0) is 42.7 Å². The third-order valence-electron chi connectivity index (χ3n) is 4.83. The lowest BCUT2D eigenvalue weighted by Gasteiger charge is -2.18. The Hall–Kier alpha value is -2.66. The minimum atomic E-state index is -0.0103. The molecule has 138 valence electrons. The van der Waals surface area contributed by atoms with Crippen LogP contribution in [0.5, 0.6) is 0 Å². The van der Waals surface area contributed by atoms with E-state index in [-0.39, 0.29) is 5.91 Å². The van der Waals surface area contributed by atoms with Gasteiger partial charge in [-0.25, -0.2) is 4.98 Å². The van der Waals surface area contributed by atoms with Crippen molar-refractivity contribution in [1.82, 2.24) is 10.3 Å². The molecule has 0 fully saturated rings. The van der Waals surface area contributed by atoms with Gasteiger partial charge in [0.1, 0.15) is 0 Å². The zero-order valence-electron chi connectivity index (χ0n) is 15.4. The van der Waals surface area contributed by atoms with Crippen LogP contribution in [0, 0.1) is 6.92 Å². The van der Waals surface area contributed by atoms with Gasteiger partial charge in [-0.3, -0.25) is 4.79 Å². The summed E-state index contributed by atoms with van der Waals surface area (Å²) >= 11 is 1.69. The molecular formula is C22H23N3OS. The molecule has 27 heavy (non-hydrogen) atoms. The average molecular weight is 378 g/mol. The molecular weight excluding hydrogens is 354 g/mol. The van der Waals surface area contributed by atoms with Gasteiger partial charge in [0.05, 0.1) is 5.01 Å². The van der Waals surface area contributed by atoms with E-state index < -0.39 is 0 Å². The van der Waals surface area contributed by atoms with Gasteiger partial charge in [-0.15, -0.1) is 11.3 Å². The van der Waals surface area contributed by atoms with Gasteiger partial charge in [-0.2, -0.15) is 0 Å². The summed E-state index contributed by atoms with van der Waals surface area (Å²) in [6, 6.07) is 16.4. The number of amides is 1. The second kappa shape index (κ2) is 7.92. The van der Waals surface area contributed by atoms with Crippen LogP contribution in [0.25, 0.3) is 0 Å². The van der Waals surface area contributed by atoms with Crippen molar-refractivity contribution in [3.8, 4) is 0 Å². The molecule has 0 saturated carbocycles. The number of thiazole rings is 1. The van der Waals surface area contributed by atoms with Gasteiger partial charge >= 0.3 is 0 Å². The van der Waals surface area contributed by atoms with Crippen LogP contribution in [0.1, 0.15) is 38.6 Å². The molecule has 0 saturated heterocycles. The Kier molecular flexibility index (Phi) is 5.21. The van der Waals surface area contributed by atoms with Crippen LogP contribution in [-0.4, -0.2) is 17.4 Å². The van der Waals surface area contributed by atoms with Gasteiger partial charge in [0.2, 0.25) is 0 Å². The van der Waals surface area contributed by atoms with Gasteiger partial charge in [0, 0.05) is 48.4 Å². The van der Waals surface area contributed by atoms with Crippen LogP contribution in [0.15, 0.2) is 53.9 Å². The standard InChI is InChI=1S/C22H23N3OS/c1-16-15-27-21(24-16)10-5-11-23-22(26)17-8-4-9-20(12-17)25-13-18-6-2-3-7-19(18)14-25/h2-4,6-9,12,15H,5,10-11,13-14H2,1H3,(H,23,26). The van der Waals surface area contributed by atoms with Crippen LogP contribution in [0.3, 0.4) is 0 Å². The summed E-state index contributed by atoms with van der Waals surface area (Å²) in [5.74, 6) is -0.0103. The van der Waals surface area contributed by atoms with Crippen LogP contribution in [0.4, 0.5) is 5.69 Å². The van der Waals surface area contributed by atoms with E-state index in [0.717, 1.165) is 42.3 Å². The smallest absolute Gasteiger partial charge is 0.251 e. The fraction of sp³-hybridized carbons (Fsp3) is 0.273. The lowest BCUT2D eigenvalue weighted by atomic mass is 10.1. The molecule has 1 aromatic heterocycles. The summed E-state index contributed by atoms with van der Waals surface area (Å²) in [5.41, 5.74) is 5.61. The molecule has 1 aliphatic heterocycles. The van der Waals surface area contributed by atoms with Crippen molar-refractivity contribution in [1.29, 1.82) is 0 Å². The minimum Gasteiger partial charge on any atom is -0.363 e. The minimum absolute atomic E-state index is 0.0103. The second-order valence-electron chi connectivity index (χ2n) is 6.92. The van der Waals surface area contributed by atoms with Crippen molar-refractivity contribution in [2.24, 2.45) is 0 Å². The number of nitrogens with zero attached hydrogens (tertiary/aromatic N) is 2. The van der Waals surface area contributed by atoms with Gasteiger partial charge < -0.3 is 10.2 Å². The maximum atomic E-state index is 12.5. The highest BCUT2D eigenvalue weighted by Crippen LogP contribution is 2.28. The number of fused-ring (bicyclic) bond motifs is 1. The van der Waals surface area contributed by atoms with Crippen molar-refractivity contribution in [2.45, 2.75) is 32.9 Å². The van der Waals surface area contributed by atoms with Crippen LogP contribution < -0.4 is 10.2 Å². The first kappa shape index (κ1) is 17.7. The highest BCUT2D eigenvalue weighted by Gasteiger charge is 2.19. The van der Waals surface area contributed by atoms with E-state index in [1.807, 2.05) is 25.1 Å². The zero-order valence-corrected chi connectivity index (χ0v) is 16.3. The number of benzene rings is 2. The summed E-state index contributed by atoms with van der Waals surface area (Å²) in [6.07, 6.45) is 1.81. The molecule has 0 bridgehead atoms. The van der Waals surface area contributed by atoms with E-state index in [1.54, 1.807) is 11.3 Å². The predicted octanol–water partition coefficient (Wildman–Crippen LogP) is 4.33. The zero-order chi connectivity index (χ0) is 18.6. The number of rotatable bonds is 6. The number of anilines is 1. The Morgan fingerprint density at radius 2 is 1.93 bits per heavy atom. The maximum Gasteiger partial charge on any atom is 0.251 e. The number of carbonyl (C=O) groups is 1. The Morgan fingerprint density at radius 1 is 1.15 bits per heavy atom. The first-order valence-electron chi connectivity index (χ1n) is 9.30. The maximum absolute atomic E-state index is 12.5. The van der Waals surface area contributed by atoms with E-state index >= 15 is 0 Å². The van der Waals surface area contributed by atoms with E-state index in [9.17, 15) is 4.79 Å². The fourth-order valence-corrected chi connectivity index (χ4v) is 4.24. The van der Waals surface area contributed by atoms with Gasteiger partial charge in [-0.1, -0.05) is 30.3 Å². The summed E-state index contributed by atoms with van der Waals surface area (Å²) in [5, 5.41) is 6.23. The van der Waals surface area contributed by atoms with Crippen LogP contribution in [-0.2, 0) is 19.5 Å². The molecule has 1 amide bonds. The van der Waals surface area contributed by atoms with E-state index in [2.05, 4.69) is 50.9 Å². The summed E-state index contributed by atoms with van der Waals surface area (Å²) in [4.78, 5) is 19.3. The molecule has 4 rings (SSSR count). The second-order valence-corrected chi connectivity index (χ2v) is 7.86. The Morgan fingerprint density at radius 3 is 2.63 bits per heavy atom. The third kappa shape index (κ3) is 4.19. The number of carbonyl (C=O) groups excluding carboxylic acids is 1. The molecule has 0 aliphatic carbocycles. The highest BCUT2D eigenvalue weighted by atomic mass is 32.1. The van der Waals surface area contributed by atoms with E-state index in [1.165, 1.54) is 11.1 Å². The largest absolute Gasteiger partial charge is 0.363 e. The van der Waals surface area contributed by atoms with Gasteiger partial charge in [0.25, 0.3) is 5.91 Å². The fourth-order valence-electron chi connectivity index (χ4n) is 3.42. The molecule has 1 aliphatic rings. The molecule has 2 aromatic carbocycles. The molecule has 0 atom stereocenters. The average Bonchev–Trinajstić information content (AvgIpc) is 3.31. The molecule has 0 unspecified atom stereocenters. The molecule has 2 heterocycles. The summed E-state index contributed by atoms with van der Waals surface area (Å²) in [6.45, 7) is 4.47. The summed E-state index contributed by atoms with van der Waals surface area (Å²) < 4.78 is 0. The molecule has 4 nitrogen and oxygen atoms in total. The first-order valence-corrected chi connectivity index (χ1v) is 10.2. The highest BCUT2D eigenvalue weighted by molar-refractivity contribution is 7.09.